The van der Waals surface area contributed by atoms with E-state index in [2.05, 4.69) is 73.8 Å². The molecule has 22 N–H and O–H groups in total. The summed E-state index contributed by atoms with van der Waals surface area (Å²) < 4.78 is 0. The van der Waals surface area contributed by atoms with Gasteiger partial charge < -0.3 is 96.7 Å². The first-order valence-corrected chi connectivity index (χ1v) is 33.7. The highest BCUT2D eigenvalue weighted by Crippen LogP contribution is 2.22. The molecular weight excluding hydrogens is 1300 g/mol. The number of aromatic nitrogens is 2. The number of carbonyl (C=O) groups excluding carboxylic acids is 15. The van der Waals surface area contributed by atoms with E-state index in [-0.39, 0.29) is 82.7 Å². The Morgan fingerprint density at radius 2 is 0.870 bits per heavy atom. The van der Waals surface area contributed by atoms with Crippen LogP contribution in [0.4, 0.5) is 0 Å². The molecule has 1 saturated heterocycles. The van der Waals surface area contributed by atoms with Gasteiger partial charge in [-0.05, 0) is 93.5 Å². The summed E-state index contributed by atoms with van der Waals surface area (Å²) in [5, 5.41) is 32.8. The molecule has 546 valence electrons. The number of nitrogens with one attached hydrogen (secondary N) is 14. The van der Waals surface area contributed by atoms with Crippen molar-refractivity contribution in [1.29, 1.82) is 0 Å². The Morgan fingerprint density at radius 1 is 0.470 bits per heavy atom. The van der Waals surface area contributed by atoms with Crippen molar-refractivity contribution in [2.75, 3.05) is 19.6 Å². The van der Waals surface area contributed by atoms with E-state index in [1.165, 1.54) is 0 Å². The molecule has 1 aliphatic rings. The molecule has 3 heterocycles. The van der Waals surface area contributed by atoms with Gasteiger partial charge in [0.05, 0.1) is 31.7 Å². The van der Waals surface area contributed by atoms with Gasteiger partial charge >= 0.3 is 0 Å². The van der Waals surface area contributed by atoms with Crippen LogP contribution in [-0.2, 0) is 84.8 Å². The maximum Gasteiger partial charge on any atom is 0.243 e. The average molecular weight is 1400 g/mol. The number of para-hydroxylation sites is 2. The van der Waals surface area contributed by atoms with Gasteiger partial charge in [-0.25, -0.2) is 0 Å². The van der Waals surface area contributed by atoms with E-state index in [0.29, 0.717) is 41.4 Å². The van der Waals surface area contributed by atoms with E-state index in [4.69, 9.17) is 22.9 Å². The smallest absolute Gasteiger partial charge is 0.243 e. The molecule has 0 saturated carbocycles. The molecule has 0 aliphatic carbocycles. The molecule has 2 aromatic heterocycles. The second-order valence-electron chi connectivity index (χ2n) is 25.8. The van der Waals surface area contributed by atoms with Gasteiger partial charge in [-0.2, -0.15) is 0 Å². The lowest BCUT2D eigenvalue weighted by Gasteiger charge is -2.28. The molecule has 2 aromatic carbocycles. The van der Waals surface area contributed by atoms with E-state index in [0.717, 1.165) is 10.9 Å². The number of nitrogens with two attached hydrogens (primary N) is 4. The summed E-state index contributed by atoms with van der Waals surface area (Å²) in [6, 6.07) is -0.276. The number of primary amides is 4. The molecule has 0 unspecified atom stereocenters. The number of likely N-dealkylation sites (N-methyl/N-ethyl adjacent to an activating group) is 1. The lowest BCUT2D eigenvalue weighted by molar-refractivity contribution is -0.136. The van der Waals surface area contributed by atoms with Crippen molar-refractivity contribution in [2.45, 2.75) is 198 Å². The van der Waals surface area contributed by atoms with Gasteiger partial charge in [0.2, 0.25) is 88.6 Å². The Hall–Kier alpha value is -10.5. The minimum Gasteiger partial charge on any atom is -0.370 e. The van der Waals surface area contributed by atoms with Crippen molar-refractivity contribution >= 4 is 110 Å². The first kappa shape index (κ1) is 80.2. The van der Waals surface area contributed by atoms with Crippen molar-refractivity contribution in [2.24, 2.45) is 34.8 Å². The van der Waals surface area contributed by atoms with Crippen molar-refractivity contribution in [1.82, 2.24) is 73.8 Å². The largest absolute Gasteiger partial charge is 0.370 e. The van der Waals surface area contributed by atoms with E-state index >= 15 is 0 Å². The highest BCUT2D eigenvalue weighted by molar-refractivity contribution is 6.01. The topological polar surface area (TPSA) is 536 Å². The number of carbonyl (C=O) groups is 15. The predicted octanol–water partition coefficient (Wildman–Crippen LogP) is -2.63. The first-order valence-electron chi connectivity index (χ1n) is 33.7. The molecule has 0 radical (unpaired) electrons. The van der Waals surface area contributed by atoms with Crippen LogP contribution in [0.15, 0.2) is 60.9 Å². The Kier molecular flexibility index (Phi) is 31.9. The fourth-order valence-corrected chi connectivity index (χ4v) is 11.3. The summed E-state index contributed by atoms with van der Waals surface area (Å²) in [7, 11) is 0. The van der Waals surface area contributed by atoms with Crippen LogP contribution in [0.25, 0.3) is 21.8 Å². The minimum atomic E-state index is -1.78. The summed E-state index contributed by atoms with van der Waals surface area (Å²) in [5.74, 6) is -14.4. The molecule has 15 amide bonds. The van der Waals surface area contributed by atoms with Gasteiger partial charge in [-0.15, -0.1) is 0 Å². The van der Waals surface area contributed by atoms with E-state index < -0.39 is 175 Å². The van der Waals surface area contributed by atoms with Crippen LogP contribution >= 0.6 is 0 Å². The Balaban J connectivity index is 1.47. The molecule has 4 aromatic rings. The van der Waals surface area contributed by atoms with E-state index in [1.807, 2.05) is 12.1 Å². The monoisotopic (exact) mass is 1390 g/mol. The SMILES string of the molecule is CCN[C@@H](C)C(=O)N[C@H]1CCCCNC(=O)C[C@@H](C(N)=O)NC(=O)[C@H](CC(N)=O)NC(=O)[C@H](CC(C)C)NC(=O)[C@H](Cc2c[nH]c3ccccc23)NC(=O)CCCCCNC(=O)C[C@@H](C(N)=O)NC(=O)[C@H](CC(N)=O)NC(=O)[C@H](CC(C)C)NC(=O)[C@H](Cc2c[nH]c3ccccc23)NC1=O. The lowest BCUT2D eigenvalue weighted by Crippen LogP contribution is -2.60. The standard InChI is InChI=1S/C67H98N18O15/c1-7-72-37(6)60(93)78-44-21-14-16-24-74-57(90)32-46(59(71)92)80-66(99)51(29-53(68)86)84-62(95)47(25-35(2)3)81-64(97)49(27-38-33-75-42-19-12-10-17-40(38)42)77-55(88)22-9-8-15-23-73-56(89)31-45(58(70)91)79-67(100)52(30-54(69)87)85-63(96)48(26-36(4)5)82-65(98)50(83-61(44)94)28-39-34-76-43-20-13-11-18-41(39)43/h10-13,17-20,33-37,44-52,72,75-76H,7-9,14-16,21-32H2,1-6H3,(H2,68,86)(H2,69,87)(H2,70,91)(H2,71,92)(H,73,89)(H,74,90)(H,77,88)(H,78,93)(H,79,100)(H,80,99)(H,81,97)(H,82,98)(H,83,94)(H,84,95)(H,85,96)/t37-,44-,45-,46-,47-,48-,49-,50-,51-,52-/m0/s1. The minimum absolute atomic E-state index is 0.0193. The molecule has 1 aliphatic heterocycles. The molecule has 1 fully saturated rings. The molecule has 0 bridgehead atoms. The third-order valence-corrected chi connectivity index (χ3v) is 16.5. The second-order valence-corrected chi connectivity index (χ2v) is 25.8. The Labute approximate surface area is 578 Å². The highest BCUT2D eigenvalue weighted by Gasteiger charge is 2.37. The van der Waals surface area contributed by atoms with Gasteiger partial charge in [0, 0.05) is 66.6 Å². The average Bonchev–Trinajstić information content (AvgIpc) is 1.73. The summed E-state index contributed by atoms with van der Waals surface area (Å²) in [6.45, 7) is 10.6. The normalized spacial score (nSPS) is 23.2. The first-order chi connectivity index (χ1) is 47.4. The number of aromatic amines is 2. The van der Waals surface area contributed by atoms with Gasteiger partial charge in [-0.3, -0.25) is 71.9 Å². The predicted molar refractivity (Wildman–Crippen MR) is 367 cm³/mol. The fraction of sp³-hybridized carbons (Fsp3) is 0.537. The van der Waals surface area contributed by atoms with Gasteiger partial charge in [0.1, 0.15) is 54.4 Å². The van der Waals surface area contributed by atoms with Crippen LogP contribution in [0, 0.1) is 11.8 Å². The van der Waals surface area contributed by atoms with Crippen molar-refractivity contribution in [3.05, 3.63) is 72.1 Å². The molecular formula is C67H98N18O15. The van der Waals surface area contributed by atoms with Crippen molar-refractivity contribution in [3.63, 3.8) is 0 Å². The van der Waals surface area contributed by atoms with Crippen LogP contribution in [0.3, 0.4) is 0 Å². The van der Waals surface area contributed by atoms with Crippen LogP contribution in [0.2, 0.25) is 0 Å². The zero-order valence-electron chi connectivity index (χ0n) is 57.4. The maximum absolute atomic E-state index is 14.8. The van der Waals surface area contributed by atoms with Gasteiger partial charge in [0.15, 0.2) is 0 Å². The van der Waals surface area contributed by atoms with Crippen LogP contribution in [0.1, 0.15) is 136 Å². The number of benzene rings is 2. The summed E-state index contributed by atoms with van der Waals surface area (Å²) in [4.78, 5) is 211. The van der Waals surface area contributed by atoms with E-state index in [9.17, 15) is 71.9 Å². The summed E-state index contributed by atoms with van der Waals surface area (Å²) >= 11 is 0. The van der Waals surface area contributed by atoms with Crippen LogP contribution in [-0.4, -0.2) is 179 Å². The number of H-pyrrole nitrogens is 2. The highest BCUT2D eigenvalue weighted by atomic mass is 16.2. The van der Waals surface area contributed by atoms with Crippen molar-refractivity contribution < 1.29 is 71.9 Å². The quantitative estimate of drug-likeness (QED) is 0.0484. The maximum atomic E-state index is 14.8. The second kappa shape index (κ2) is 39.8. The van der Waals surface area contributed by atoms with Crippen LogP contribution < -0.4 is 86.7 Å². The molecule has 100 heavy (non-hydrogen) atoms. The molecule has 33 heteroatoms. The third kappa shape index (κ3) is 26.4. The Bertz CT molecular complexity index is 3570. The fourth-order valence-electron chi connectivity index (χ4n) is 11.3. The number of fused-ring (bicyclic) bond motifs is 2. The summed E-state index contributed by atoms with van der Waals surface area (Å²) in [6.07, 6.45) is 0.982. The molecule has 5 rings (SSSR count). The third-order valence-electron chi connectivity index (χ3n) is 16.5. The molecule has 0 spiro atoms. The molecule has 33 nitrogen and oxygen atoms in total. The summed E-state index contributed by atoms with van der Waals surface area (Å²) in [5.41, 5.74) is 25.0. The number of rotatable bonds is 18. The van der Waals surface area contributed by atoms with E-state index in [1.54, 1.807) is 90.3 Å². The molecule has 10 atom stereocenters. The van der Waals surface area contributed by atoms with Gasteiger partial charge in [-0.1, -0.05) is 77.4 Å². The zero-order chi connectivity index (χ0) is 73.8. The van der Waals surface area contributed by atoms with Crippen LogP contribution in [0.5, 0.6) is 0 Å². The Morgan fingerprint density at radius 3 is 1.30 bits per heavy atom. The number of amides is 15. The van der Waals surface area contributed by atoms with Gasteiger partial charge in [0.25, 0.3) is 0 Å². The lowest BCUT2D eigenvalue weighted by atomic mass is 9.99. The van der Waals surface area contributed by atoms with Crippen molar-refractivity contribution in [3.8, 4) is 0 Å². The number of hydrogen-bond donors (Lipinski definition) is 18. The number of hydrogen-bond acceptors (Lipinski definition) is 16. The zero-order valence-corrected chi connectivity index (χ0v) is 57.4.